The van der Waals surface area contributed by atoms with Crippen molar-refractivity contribution in [1.82, 2.24) is 0 Å². The molecule has 0 aliphatic rings. The van der Waals surface area contributed by atoms with E-state index in [4.69, 9.17) is 9.47 Å². The van der Waals surface area contributed by atoms with Crippen molar-refractivity contribution in [2.75, 3.05) is 6.61 Å². The van der Waals surface area contributed by atoms with E-state index in [0.717, 1.165) is 30.8 Å². The zero-order valence-corrected chi connectivity index (χ0v) is 24.4. The quantitative estimate of drug-likeness (QED) is 0.122. The number of esters is 1. The summed E-state index contributed by atoms with van der Waals surface area (Å²) >= 11 is 0. The maximum Gasteiger partial charge on any atom is 0.338 e. The SMILES string of the molecule is CCCCCCCCOc1ccc(-c2ccc(CC(C)OC(=O)c3ccc(CCCCCC)cc3)cc2)cc1. The number of unbranched alkanes of at least 4 members (excludes halogenated alkanes) is 8. The number of ether oxygens (including phenoxy) is 2. The van der Waals surface area contributed by atoms with Crippen LogP contribution in [0.3, 0.4) is 0 Å². The second-order valence-corrected chi connectivity index (χ2v) is 10.8. The van der Waals surface area contributed by atoms with Gasteiger partial charge >= 0.3 is 5.97 Å². The van der Waals surface area contributed by atoms with E-state index in [1.807, 2.05) is 19.1 Å². The number of hydrogen-bond acceptors (Lipinski definition) is 3. The van der Waals surface area contributed by atoms with Gasteiger partial charge in [0.05, 0.1) is 12.2 Å². The molecule has 1 atom stereocenters. The van der Waals surface area contributed by atoms with Gasteiger partial charge in [-0.15, -0.1) is 0 Å². The van der Waals surface area contributed by atoms with Crippen LogP contribution in [0, 0.1) is 0 Å². The fourth-order valence-electron chi connectivity index (χ4n) is 4.84. The lowest BCUT2D eigenvalue weighted by Crippen LogP contribution is -2.17. The Labute approximate surface area is 237 Å². The van der Waals surface area contributed by atoms with E-state index in [0.29, 0.717) is 12.0 Å². The van der Waals surface area contributed by atoms with E-state index in [1.165, 1.54) is 74.5 Å². The minimum absolute atomic E-state index is 0.194. The molecule has 0 aromatic heterocycles. The van der Waals surface area contributed by atoms with Gasteiger partial charge in [-0.2, -0.15) is 0 Å². The van der Waals surface area contributed by atoms with Crippen LogP contribution < -0.4 is 4.74 Å². The fraction of sp³-hybridized carbons (Fsp3) is 0.472. The van der Waals surface area contributed by atoms with Crippen molar-refractivity contribution in [3.05, 3.63) is 89.5 Å². The highest BCUT2D eigenvalue weighted by Gasteiger charge is 2.13. The lowest BCUT2D eigenvalue weighted by Gasteiger charge is -2.14. The van der Waals surface area contributed by atoms with E-state index in [1.54, 1.807) is 0 Å². The summed E-state index contributed by atoms with van der Waals surface area (Å²) in [7, 11) is 0. The number of benzene rings is 3. The first kappa shape index (κ1) is 30.5. The molecule has 0 saturated carbocycles. The minimum Gasteiger partial charge on any atom is -0.494 e. The molecule has 3 aromatic carbocycles. The zero-order valence-electron chi connectivity index (χ0n) is 24.4. The Morgan fingerprint density at radius 3 is 1.82 bits per heavy atom. The molecule has 0 radical (unpaired) electrons. The van der Waals surface area contributed by atoms with Crippen LogP contribution >= 0.6 is 0 Å². The van der Waals surface area contributed by atoms with Gasteiger partial charge in [0, 0.05) is 6.42 Å². The fourth-order valence-corrected chi connectivity index (χ4v) is 4.84. The van der Waals surface area contributed by atoms with Crippen LogP contribution in [0.2, 0.25) is 0 Å². The highest BCUT2D eigenvalue weighted by Crippen LogP contribution is 2.24. The van der Waals surface area contributed by atoms with Crippen molar-refractivity contribution in [3.8, 4) is 16.9 Å². The summed E-state index contributed by atoms with van der Waals surface area (Å²) in [5, 5.41) is 0. The molecule has 0 heterocycles. The topological polar surface area (TPSA) is 35.5 Å². The smallest absolute Gasteiger partial charge is 0.338 e. The second-order valence-electron chi connectivity index (χ2n) is 10.8. The molecule has 0 spiro atoms. The molecule has 3 aromatic rings. The summed E-state index contributed by atoms with van der Waals surface area (Å²) in [5.74, 6) is 0.677. The van der Waals surface area contributed by atoms with Gasteiger partial charge in [0.2, 0.25) is 0 Å². The van der Waals surface area contributed by atoms with E-state index < -0.39 is 0 Å². The standard InChI is InChI=1S/C36H48O3/c1-4-6-8-10-11-13-27-38-35-25-23-33(24-26-35)32-19-17-31(18-20-32)28-29(3)39-36(37)34-21-15-30(16-22-34)14-12-9-7-5-2/h15-26,29H,4-14,27-28H2,1-3H3. The first-order valence-electron chi connectivity index (χ1n) is 15.2. The molecule has 3 rings (SSSR count). The molecule has 3 nitrogen and oxygen atoms in total. The molecule has 0 saturated heterocycles. The number of aryl methyl sites for hydroxylation is 1. The number of rotatable bonds is 18. The van der Waals surface area contributed by atoms with Gasteiger partial charge < -0.3 is 9.47 Å². The normalized spacial score (nSPS) is 11.8. The van der Waals surface area contributed by atoms with E-state index in [-0.39, 0.29) is 12.1 Å². The predicted octanol–water partition coefficient (Wildman–Crippen LogP) is 10.0. The predicted molar refractivity (Wildman–Crippen MR) is 164 cm³/mol. The monoisotopic (exact) mass is 528 g/mol. The van der Waals surface area contributed by atoms with Crippen molar-refractivity contribution in [2.24, 2.45) is 0 Å². The van der Waals surface area contributed by atoms with E-state index in [2.05, 4.69) is 74.5 Å². The van der Waals surface area contributed by atoms with Gasteiger partial charge in [-0.3, -0.25) is 0 Å². The average Bonchev–Trinajstić information content (AvgIpc) is 2.96. The molecule has 3 heteroatoms. The van der Waals surface area contributed by atoms with Gasteiger partial charge in [-0.25, -0.2) is 4.79 Å². The largest absolute Gasteiger partial charge is 0.494 e. The maximum absolute atomic E-state index is 12.6. The van der Waals surface area contributed by atoms with Crippen LogP contribution in [0.4, 0.5) is 0 Å². The molecule has 0 fully saturated rings. The summed E-state index contributed by atoms with van der Waals surface area (Å²) in [5.41, 5.74) is 5.39. The molecule has 0 N–H and O–H groups in total. The van der Waals surface area contributed by atoms with Gasteiger partial charge in [0.15, 0.2) is 0 Å². The van der Waals surface area contributed by atoms with Crippen molar-refractivity contribution >= 4 is 5.97 Å². The van der Waals surface area contributed by atoms with Crippen molar-refractivity contribution in [3.63, 3.8) is 0 Å². The van der Waals surface area contributed by atoms with Crippen molar-refractivity contribution in [2.45, 2.75) is 104 Å². The summed E-state index contributed by atoms with van der Waals surface area (Å²) in [6.45, 7) is 7.22. The number of hydrogen-bond donors (Lipinski definition) is 0. The van der Waals surface area contributed by atoms with E-state index in [9.17, 15) is 4.79 Å². The molecule has 0 aliphatic carbocycles. The number of carbonyl (C=O) groups excluding carboxylic acids is 1. The lowest BCUT2D eigenvalue weighted by atomic mass is 10.0. The molecular weight excluding hydrogens is 480 g/mol. The average molecular weight is 529 g/mol. The zero-order chi connectivity index (χ0) is 27.7. The van der Waals surface area contributed by atoms with E-state index >= 15 is 0 Å². The van der Waals surface area contributed by atoms with Crippen molar-refractivity contribution < 1.29 is 14.3 Å². The Hall–Kier alpha value is -3.07. The summed E-state index contributed by atoms with van der Waals surface area (Å²) in [6, 6.07) is 24.8. The van der Waals surface area contributed by atoms with Gasteiger partial charge in [-0.05, 0) is 72.7 Å². The maximum atomic E-state index is 12.6. The first-order valence-corrected chi connectivity index (χ1v) is 15.2. The van der Waals surface area contributed by atoms with Crippen LogP contribution in [-0.4, -0.2) is 18.7 Å². The Kier molecular flexibility index (Phi) is 13.7. The van der Waals surface area contributed by atoms with Crippen LogP contribution in [-0.2, 0) is 17.6 Å². The summed E-state index contributed by atoms with van der Waals surface area (Å²) in [4.78, 5) is 12.6. The van der Waals surface area contributed by atoms with Gasteiger partial charge in [-0.1, -0.05) is 114 Å². The second kappa shape index (κ2) is 17.5. The van der Waals surface area contributed by atoms with Gasteiger partial charge in [0.1, 0.15) is 11.9 Å². The summed E-state index contributed by atoms with van der Waals surface area (Å²) in [6.07, 6.45) is 14.2. The van der Waals surface area contributed by atoms with Crippen molar-refractivity contribution in [1.29, 1.82) is 0 Å². The first-order chi connectivity index (χ1) is 19.1. The highest BCUT2D eigenvalue weighted by atomic mass is 16.5. The van der Waals surface area contributed by atoms with Crippen LogP contribution in [0.25, 0.3) is 11.1 Å². The minimum atomic E-state index is -0.254. The lowest BCUT2D eigenvalue weighted by molar-refractivity contribution is 0.0343. The Morgan fingerprint density at radius 1 is 0.641 bits per heavy atom. The number of carbonyl (C=O) groups is 1. The molecule has 210 valence electrons. The Morgan fingerprint density at radius 2 is 1.18 bits per heavy atom. The third-order valence-electron chi connectivity index (χ3n) is 7.25. The molecule has 0 aliphatic heterocycles. The van der Waals surface area contributed by atoms with Crippen LogP contribution in [0.5, 0.6) is 5.75 Å². The molecule has 39 heavy (non-hydrogen) atoms. The summed E-state index contributed by atoms with van der Waals surface area (Å²) < 4.78 is 11.7. The highest BCUT2D eigenvalue weighted by molar-refractivity contribution is 5.89. The van der Waals surface area contributed by atoms with Crippen LogP contribution in [0.15, 0.2) is 72.8 Å². The molecule has 1 unspecified atom stereocenters. The Balaban J connectivity index is 1.41. The third kappa shape index (κ3) is 11.3. The van der Waals surface area contributed by atoms with Gasteiger partial charge in [0.25, 0.3) is 0 Å². The Bertz CT molecular complexity index is 1070. The third-order valence-corrected chi connectivity index (χ3v) is 7.25. The van der Waals surface area contributed by atoms with Crippen LogP contribution in [0.1, 0.15) is 106 Å². The molecule has 0 amide bonds. The molecule has 0 bridgehead atoms. The molecular formula is C36H48O3.